The van der Waals surface area contributed by atoms with E-state index < -0.39 is 10.0 Å². The number of aryl methyl sites for hydroxylation is 1. The monoisotopic (exact) mass is 281 g/mol. The van der Waals surface area contributed by atoms with E-state index in [1.165, 1.54) is 16.5 Å². The smallest absolute Gasteiger partial charge is 0.208 e. The molecule has 0 amide bonds. The summed E-state index contributed by atoms with van der Waals surface area (Å²) in [6.07, 6.45) is 3.26. The van der Waals surface area contributed by atoms with Gasteiger partial charge in [-0.2, -0.15) is 0 Å². The summed E-state index contributed by atoms with van der Waals surface area (Å²) in [5.74, 6) is 0. The summed E-state index contributed by atoms with van der Waals surface area (Å²) in [6.45, 7) is 1.74. The first kappa shape index (κ1) is 14.0. The third-order valence-electron chi connectivity index (χ3n) is 2.96. The number of nitrogens with one attached hydrogen (secondary N) is 2. The molecule has 0 aliphatic heterocycles. The second kappa shape index (κ2) is 5.73. The van der Waals surface area contributed by atoms with Gasteiger partial charge in [0.1, 0.15) is 0 Å². The predicted octanol–water partition coefficient (Wildman–Crippen LogP) is 0.817. The number of hydrogen-bond acceptors (Lipinski definition) is 3. The number of fused-ring (bicyclic) bond motifs is 1. The predicted molar refractivity (Wildman–Crippen MR) is 77.5 cm³/mol. The van der Waals surface area contributed by atoms with Gasteiger partial charge in [0, 0.05) is 43.8 Å². The van der Waals surface area contributed by atoms with Gasteiger partial charge in [0.25, 0.3) is 0 Å². The molecule has 5 nitrogen and oxygen atoms in total. The maximum atomic E-state index is 10.9. The molecule has 2 aromatic rings. The molecule has 1 aromatic heterocycles. The van der Waals surface area contributed by atoms with Gasteiger partial charge in [-0.1, -0.05) is 18.2 Å². The Morgan fingerprint density at radius 2 is 1.95 bits per heavy atom. The standard InChI is InChI=1S/C13H19N3O2S/c1-16-10-11(12-5-3-4-6-13(12)16)9-14-7-8-15-19(2,17)18/h3-6,10,14-15H,7-9H2,1-2H3. The number of nitrogens with zero attached hydrogens (tertiary/aromatic N) is 1. The van der Waals surface area contributed by atoms with Crippen molar-refractivity contribution in [3.05, 3.63) is 36.0 Å². The largest absolute Gasteiger partial charge is 0.350 e. The Balaban J connectivity index is 1.92. The van der Waals surface area contributed by atoms with E-state index in [-0.39, 0.29) is 0 Å². The van der Waals surface area contributed by atoms with Crippen molar-refractivity contribution in [3.63, 3.8) is 0 Å². The molecule has 0 radical (unpaired) electrons. The zero-order chi connectivity index (χ0) is 13.9. The lowest BCUT2D eigenvalue weighted by atomic mass is 10.2. The average Bonchev–Trinajstić information content (AvgIpc) is 2.65. The Kier molecular flexibility index (Phi) is 4.24. The summed E-state index contributed by atoms with van der Waals surface area (Å²) in [5.41, 5.74) is 2.42. The van der Waals surface area contributed by atoms with Gasteiger partial charge in [0.05, 0.1) is 6.26 Å². The van der Waals surface area contributed by atoms with Crippen molar-refractivity contribution < 1.29 is 8.42 Å². The topological polar surface area (TPSA) is 63.1 Å². The second-order valence-corrected chi connectivity index (χ2v) is 6.46. The van der Waals surface area contributed by atoms with E-state index in [1.54, 1.807) is 0 Å². The SMILES string of the molecule is Cn1cc(CNCCNS(C)(=O)=O)c2ccccc21. The molecular weight excluding hydrogens is 262 g/mol. The zero-order valence-corrected chi connectivity index (χ0v) is 12.0. The van der Waals surface area contributed by atoms with E-state index in [4.69, 9.17) is 0 Å². The summed E-state index contributed by atoms with van der Waals surface area (Å²) in [5, 5.41) is 4.47. The molecule has 0 unspecified atom stereocenters. The molecule has 1 heterocycles. The normalized spacial score (nSPS) is 12.1. The summed E-state index contributed by atoms with van der Waals surface area (Å²) in [7, 11) is -1.07. The Labute approximate surface area is 113 Å². The third kappa shape index (κ3) is 3.79. The number of sulfonamides is 1. The summed E-state index contributed by atoms with van der Waals surface area (Å²) < 4.78 is 26.4. The molecule has 0 aliphatic carbocycles. The van der Waals surface area contributed by atoms with E-state index >= 15 is 0 Å². The first-order chi connectivity index (χ1) is 8.97. The lowest BCUT2D eigenvalue weighted by Crippen LogP contribution is -2.30. The van der Waals surface area contributed by atoms with Gasteiger partial charge in [-0.05, 0) is 11.6 Å². The van der Waals surface area contributed by atoms with Crippen molar-refractivity contribution in [2.24, 2.45) is 7.05 Å². The van der Waals surface area contributed by atoms with Gasteiger partial charge in [-0.25, -0.2) is 13.1 Å². The lowest BCUT2D eigenvalue weighted by molar-refractivity contribution is 0.582. The van der Waals surface area contributed by atoms with Crippen LogP contribution in [-0.4, -0.2) is 32.3 Å². The van der Waals surface area contributed by atoms with Crippen LogP contribution in [0.1, 0.15) is 5.56 Å². The van der Waals surface area contributed by atoms with E-state index in [9.17, 15) is 8.42 Å². The van der Waals surface area contributed by atoms with Gasteiger partial charge >= 0.3 is 0 Å². The molecule has 19 heavy (non-hydrogen) atoms. The number of hydrogen-bond donors (Lipinski definition) is 2. The van der Waals surface area contributed by atoms with E-state index in [0.29, 0.717) is 13.1 Å². The molecule has 0 bridgehead atoms. The first-order valence-electron chi connectivity index (χ1n) is 6.15. The summed E-state index contributed by atoms with van der Waals surface area (Å²) in [6, 6.07) is 8.23. The van der Waals surface area contributed by atoms with Crippen LogP contribution in [0.5, 0.6) is 0 Å². The van der Waals surface area contributed by atoms with E-state index in [2.05, 4.69) is 32.9 Å². The Morgan fingerprint density at radius 1 is 1.21 bits per heavy atom. The first-order valence-corrected chi connectivity index (χ1v) is 8.05. The molecule has 104 valence electrons. The lowest BCUT2D eigenvalue weighted by Gasteiger charge is -2.04. The third-order valence-corrected chi connectivity index (χ3v) is 3.69. The van der Waals surface area contributed by atoms with Gasteiger partial charge in [-0.15, -0.1) is 0 Å². The average molecular weight is 281 g/mol. The molecule has 1 aromatic carbocycles. The van der Waals surface area contributed by atoms with Crippen LogP contribution in [0.15, 0.2) is 30.5 Å². The van der Waals surface area contributed by atoms with Crippen LogP contribution in [0.25, 0.3) is 10.9 Å². The molecular formula is C13H19N3O2S. The summed E-state index contributed by atoms with van der Waals surface area (Å²) in [4.78, 5) is 0. The molecule has 0 saturated heterocycles. The maximum absolute atomic E-state index is 10.9. The molecule has 6 heteroatoms. The minimum absolute atomic E-state index is 0.406. The fraction of sp³-hybridized carbons (Fsp3) is 0.385. The number of rotatable bonds is 6. The molecule has 0 fully saturated rings. The number of benzene rings is 1. The number of para-hydroxylation sites is 1. The molecule has 0 spiro atoms. The molecule has 0 saturated carbocycles. The highest BCUT2D eigenvalue weighted by Crippen LogP contribution is 2.19. The summed E-state index contributed by atoms with van der Waals surface area (Å²) >= 11 is 0. The quantitative estimate of drug-likeness (QED) is 0.771. The van der Waals surface area contributed by atoms with Gasteiger partial charge in [0.15, 0.2) is 0 Å². The number of aromatic nitrogens is 1. The minimum Gasteiger partial charge on any atom is -0.350 e. The van der Waals surface area contributed by atoms with Crippen LogP contribution < -0.4 is 10.0 Å². The fourth-order valence-electron chi connectivity index (χ4n) is 2.11. The van der Waals surface area contributed by atoms with Crippen molar-refractivity contribution in [3.8, 4) is 0 Å². The van der Waals surface area contributed by atoms with Crippen molar-refractivity contribution in [1.82, 2.24) is 14.6 Å². The maximum Gasteiger partial charge on any atom is 0.208 e. The van der Waals surface area contributed by atoms with Crippen molar-refractivity contribution >= 4 is 20.9 Å². The fourth-order valence-corrected chi connectivity index (χ4v) is 2.59. The Bertz CT molecular complexity index is 662. The second-order valence-electron chi connectivity index (χ2n) is 4.63. The van der Waals surface area contributed by atoms with Gasteiger partial charge in [0.2, 0.25) is 10.0 Å². The Hall–Kier alpha value is -1.37. The highest BCUT2D eigenvalue weighted by Gasteiger charge is 2.05. The van der Waals surface area contributed by atoms with Crippen LogP contribution in [-0.2, 0) is 23.6 Å². The molecule has 2 rings (SSSR count). The van der Waals surface area contributed by atoms with Crippen LogP contribution in [0, 0.1) is 0 Å². The van der Waals surface area contributed by atoms with Crippen molar-refractivity contribution in [2.45, 2.75) is 6.54 Å². The van der Waals surface area contributed by atoms with Crippen LogP contribution in [0.2, 0.25) is 0 Å². The molecule has 0 aliphatic rings. The van der Waals surface area contributed by atoms with Crippen LogP contribution in [0.3, 0.4) is 0 Å². The van der Waals surface area contributed by atoms with Crippen molar-refractivity contribution in [2.75, 3.05) is 19.3 Å². The highest BCUT2D eigenvalue weighted by molar-refractivity contribution is 7.88. The van der Waals surface area contributed by atoms with Gasteiger partial charge in [-0.3, -0.25) is 0 Å². The molecule has 2 N–H and O–H groups in total. The Morgan fingerprint density at radius 3 is 2.68 bits per heavy atom. The van der Waals surface area contributed by atoms with Crippen LogP contribution >= 0.6 is 0 Å². The zero-order valence-electron chi connectivity index (χ0n) is 11.2. The molecule has 0 atom stereocenters. The van der Waals surface area contributed by atoms with Gasteiger partial charge < -0.3 is 9.88 Å². The van der Waals surface area contributed by atoms with Crippen molar-refractivity contribution in [1.29, 1.82) is 0 Å². The minimum atomic E-state index is -3.09. The van der Waals surface area contributed by atoms with E-state index in [1.807, 2.05) is 19.2 Å². The van der Waals surface area contributed by atoms with E-state index in [0.717, 1.165) is 12.8 Å². The highest BCUT2D eigenvalue weighted by atomic mass is 32.2. The van der Waals surface area contributed by atoms with Crippen LogP contribution in [0.4, 0.5) is 0 Å².